The largest absolute Gasteiger partial charge is 0.454 e. The van der Waals surface area contributed by atoms with Crippen LogP contribution in [0.25, 0.3) is 56.4 Å². The second-order valence-corrected chi connectivity index (χ2v) is 16.5. The third-order valence-corrected chi connectivity index (χ3v) is 14.0. The molecule has 56 heavy (non-hydrogen) atoms. The number of benzene rings is 7. The Bertz CT molecular complexity index is 2740. The number of rotatable bonds is 7. The van der Waals surface area contributed by atoms with E-state index in [4.69, 9.17) is 24.7 Å². The van der Waals surface area contributed by atoms with E-state index in [9.17, 15) is 0 Å². The fourth-order valence-corrected chi connectivity index (χ4v) is 11.6. The van der Waals surface area contributed by atoms with Crippen LogP contribution < -0.4 is 4.74 Å². The zero-order chi connectivity index (χ0) is 37.3. The first-order valence-corrected chi connectivity index (χ1v) is 20.2. The van der Waals surface area contributed by atoms with Gasteiger partial charge < -0.3 is 4.74 Å². The first-order chi connectivity index (χ1) is 27.8. The van der Waals surface area contributed by atoms with E-state index >= 15 is 0 Å². The van der Waals surface area contributed by atoms with Crippen molar-refractivity contribution in [1.29, 1.82) is 0 Å². The molecule has 1 aliphatic heterocycles. The highest BCUT2D eigenvalue weighted by Gasteiger charge is 2.41. The van der Waals surface area contributed by atoms with E-state index < -0.39 is 10.0 Å². The van der Waals surface area contributed by atoms with Crippen LogP contribution in [0.15, 0.2) is 226 Å². The van der Waals surface area contributed by atoms with E-state index in [-0.39, 0.29) is 0 Å². The molecule has 0 radical (unpaired) electrons. The van der Waals surface area contributed by atoms with Crippen molar-refractivity contribution in [2.75, 3.05) is 0 Å². The lowest BCUT2D eigenvalue weighted by molar-refractivity contribution is 0.454. The highest BCUT2D eigenvalue weighted by molar-refractivity contribution is 8.34. The van der Waals surface area contributed by atoms with Crippen LogP contribution in [-0.2, 0) is 0 Å². The monoisotopic (exact) mass is 738 g/mol. The molecule has 2 aromatic heterocycles. The molecule has 0 fully saturated rings. The molecule has 0 unspecified atom stereocenters. The lowest BCUT2D eigenvalue weighted by Gasteiger charge is -2.46. The van der Waals surface area contributed by atoms with E-state index in [1.54, 1.807) is 0 Å². The zero-order valence-corrected chi connectivity index (χ0v) is 31.1. The lowest BCUT2D eigenvalue weighted by Crippen LogP contribution is -2.12. The fraction of sp³-hybridized carbons (Fsp3) is 0. The lowest BCUT2D eigenvalue weighted by atomic mass is 9.98. The van der Waals surface area contributed by atoms with Gasteiger partial charge in [0.2, 0.25) is 0 Å². The summed E-state index contributed by atoms with van der Waals surface area (Å²) in [6.45, 7) is 0. The Labute approximate surface area is 327 Å². The van der Waals surface area contributed by atoms with Crippen molar-refractivity contribution < 1.29 is 4.74 Å². The number of para-hydroxylation sites is 2. The van der Waals surface area contributed by atoms with Crippen LogP contribution in [0.5, 0.6) is 11.5 Å². The zero-order valence-electron chi connectivity index (χ0n) is 30.2. The maximum absolute atomic E-state index is 6.97. The first-order valence-electron chi connectivity index (χ1n) is 18.5. The Morgan fingerprint density at radius 2 is 0.821 bits per heavy atom. The summed E-state index contributed by atoms with van der Waals surface area (Å²) < 4.78 is 6.97. The normalized spacial score (nSPS) is 13.1. The summed E-state index contributed by atoms with van der Waals surface area (Å²) >= 11 is 0. The van der Waals surface area contributed by atoms with Crippen molar-refractivity contribution >= 4 is 10.0 Å². The summed E-state index contributed by atoms with van der Waals surface area (Å²) in [5.41, 5.74) is 6.72. The molecule has 6 heteroatoms. The molecule has 10 rings (SSSR count). The summed E-state index contributed by atoms with van der Waals surface area (Å²) in [6.07, 6.45) is 3.72. The molecule has 266 valence electrons. The molecule has 3 heterocycles. The molecule has 9 aromatic rings. The molecule has 0 aliphatic carbocycles. The van der Waals surface area contributed by atoms with Gasteiger partial charge in [0.15, 0.2) is 17.5 Å². The van der Waals surface area contributed by atoms with Crippen LogP contribution in [0.2, 0.25) is 0 Å². The Morgan fingerprint density at radius 1 is 0.357 bits per heavy atom. The number of hydrogen-bond donors (Lipinski definition) is 0. The summed E-state index contributed by atoms with van der Waals surface area (Å²) in [4.78, 5) is 24.4. The topological polar surface area (TPSA) is 60.8 Å². The Morgan fingerprint density at radius 3 is 1.46 bits per heavy atom. The number of aromatic nitrogens is 4. The first kappa shape index (κ1) is 33.4. The van der Waals surface area contributed by atoms with Crippen LogP contribution in [0, 0.1) is 0 Å². The molecule has 0 saturated carbocycles. The SMILES string of the molecule is c1ccc(-c2nc(-c3ccccc3)nc(-c3cncc(-c4cccc(-c5cccc6c5Oc5ccccc5S6(c5ccccc5)c5ccccc5)c4)c3)n2)cc1. The maximum atomic E-state index is 6.97. The molecule has 0 atom stereocenters. The van der Waals surface area contributed by atoms with Crippen LogP contribution in [0.4, 0.5) is 0 Å². The maximum Gasteiger partial charge on any atom is 0.165 e. The van der Waals surface area contributed by atoms with E-state index in [1.165, 1.54) is 19.6 Å². The van der Waals surface area contributed by atoms with E-state index in [1.807, 2.05) is 73.1 Å². The van der Waals surface area contributed by atoms with Gasteiger partial charge in [-0.3, -0.25) is 4.98 Å². The van der Waals surface area contributed by atoms with E-state index in [2.05, 4.69) is 133 Å². The summed E-state index contributed by atoms with van der Waals surface area (Å²) in [6, 6.07) is 67.7. The van der Waals surface area contributed by atoms with Crippen molar-refractivity contribution in [3.8, 4) is 67.9 Å². The Balaban J connectivity index is 1.10. The predicted octanol–water partition coefficient (Wildman–Crippen LogP) is 13.0. The number of fused-ring (bicyclic) bond motifs is 2. The van der Waals surface area contributed by atoms with Gasteiger partial charge in [-0.05, 0) is 65.7 Å². The second-order valence-electron chi connectivity index (χ2n) is 13.5. The van der Waals surface area contributed by atoms with Gasteiger partial charge in [-0.2, -0.15) is 0 Å². The molecule has 5 nitrogen and oxygen atoms in total. The second kappa shape index (κ2) is 14.3. The predicted molar refractivity (Wildman–Crippen MR) is 225 cm³/mol. The van der Waals surface area contributed by atoms with Crippen molar-refractivity contribution in [2.45, 2.75) is 19.6 Å². The summed E-state index contributed by atoms with van der Waals surface area (Å²) in [5.74, 6) is 3.55. The highest BCUT2D eigenvalue weighted by Crippen LogP contribution is 2.79. The van der Waals surface area contributed by atoms with E-state index in [0.717, 1.165) is 50.4 Å². The van der Waals surface area contributed by atoms with Crippen molar-refractivity contribution in [3.63, 3.8) is 0 Å². The van der Waals surface area contributed by atoms with Gasteiger partial charge in [-0.1, -0.05) is 140 Å². The minimum absolute atomic E-state index is 0.563. The van der Waals surface area contributed by atoms with Gasteiger partial charge in [-0.25, -0.2) is 15.0 Å². The molecule has 0 N–H and O–H groups in total. The summed E-state index contributed by atoms with van der Waals surface area (Å²) in [7, 11) is -1.90. The molecule has 0 saturated heterocycles. The number of pyridine rings is 1. The molecular weight excluding hydrogens is 705 g/mol. The molecule has 0 amide bonds. The average Bonchev–Trinajstić information content (AvgIpc) is 3.29. The quantitative estimate of drug-likeness (QED) is 0.163. The van der Waals surface area contributed by atoms with Crippen LogP contribution in [-0.4, -0.2) is 19.9 Å². The molecular formula is C50H34N4OS. The number of ether oxygens (including phenoxy) is 1. The molecule has 0 bridgehead atoms. The summed E-state index contributed by atoms with van der Waals surface area (Å²) in [5, 5.41) is 0. The van der Waals surface area contributed by atoms with Crippen LogP contribution in [0.3, 0.4) is 0 Å². The number of nitrogens with zero attached hydrogens (tertiary/aromatic N) is 4. The molecule has 0 spiro atoms. The van der Waals surface area contributed by atoms with Gasteiger partial charge in [0.25, 0.3) is 0 Å². The molecule has 1 aliphatic rings. The minimum Gasteiger partial charge on any atom is -0.454 e. The van der Waals surface area contributed by atoms with Gasteiger partial charge in [0, 0.05) is 59.8 Å². The Hall–Kier alpha value is -7.15. The van der Waals surface area contributed by atoms with E-state index in [0.29, 0.717) is 17.5 Å². The van der Waals surface area contributed by atoms with Crippen molar-refractivity contribution in [1.82, 2.24) is 19.9 Å². The highest BCUT2D eigenvalue weighted by atomic mass is 32.3. The van der Waals surface area contributed by atoms with Crippen molar-refractivity contribution in [3.05, 3.63) is 207 Å². The average molecular weight is 739 g/mol. The van der Waals surface area contributed by atoms with Crippen LogP contribution >= 0.6 is 10.0 Å². The van der Waals surface area contributed by atoms with Gasteiger partial charge in [0.1, 0.15) is 11.5 Å². The van der Waals surface area contributed by atoms with Crippen LogP contribution in [0.1, 0.15) is 0 Å². The van der Waals surface area contributed by atoms with Crippen molar-refractivity contribution in [2.24, 2.45) is 0 Å². The van der Waals surface area contributed by atoms with Gasteiger partial charge >= 0.3 is 0 Å². The minimum atomic E-state index is -1.90. The van der Waals surface area contributed by atoms with Gasteiger partial charge in [0.05, 0.1) is 0 Å². The third kappa shape index (κ3) is 5.84. The Kier molecular flexibility index (Phi) is 8.50. The fourth-order valence-electron chi connectivity index (χ4n) is 7.52. The van der Waals surface area contributed by atoms with Gasteiger partial charge in [-0.15, -0.1) is 10.0 Å². The number of hydrogen-bond acceptors (Lipinski definition) is 5. The molecule has 7 aromatic carbocycles. The smallest absolute Gasteiger partial charge is 0.165 e. The standard InChI is InChI=1S/C50H34N4OS/c1-5-17-35(18-6-1)48-52-49(36-19-7-2-8-20-36)54-50(53-48)40-32-39(33-51-34-40)37-21-15-22-38(31-37)43-27-16-30-46-47(43)55-44-28-13-14-29-45(44)56(46,41-23-9-3-10-24-41)42-25-11-4-12-26-42/h1-34H. The third-order valence-electron chi connectivity index (χ3n) is 10.1.